The average molecular weight is 702 g/mol. The zero-order valence-corrected chi connectivity index (χ0v) is 32.1. The Bertz CT molecular complexity index is 860. The Morgan fingerprint density at radius 2 is 0.940 bits per heavy atom. The number of esters is 2. The highest BCUT2D eigenvalue weighted by molar-refractivity contribution is 5.70. The molecule has 0 amide bonds. The first kappa shape index (κ1) is 45.8. The van der Waals surface area contributed by atoms with Gasteiger partial charge in [-0.25, -0.2) is 0 Å². The number of allylic oxidation sites excluding steroid dienone is 8. The monoisotopic (exact) mass is 702 g/mol. The van der Waals surface area contributed by atoms with Gasteiger partial charge >= 0.3 is 11.9 Å². The Morgan fingerprint density at radius 1 is 0.580 bits per heavy atom. The Morgan fingerprint density at radius 3 is 1.32 bits per heavy atom. The fourth-order valence-electron chi connectivity index (χ4n) is 6.17. The number of unbranched alkanes of at least 4 members (excludes halogenated alkanes) is 16. The second-order valence-electron chi connectivity index (χ2n) is 14.1. The first-order chi connectivity index (χ1) is 24.5. The highest BCUT2D eigenvalue weighted by Gasteiger charge is 2.38. The molecule has 1 aliphatic heterocycles. The van der Waals surface area contributed by atoms with E-state index in [1.807, 2.05) is 4.90 Å². The van der Waals surface area contributed by atoms with Crippen molar-refractivity contribution in [2.75, 3.05) is 26.2 Å². The van der Waals surface area contributed by atoms with Gasteiger partial charge in [-0.2, -0.15) is 0 Å². The van der Waals surface area contributed by atoms with E-state index < -0.39 is 18.3 Å². The van der Waals surface area contributed by atoms with Crippen molar-refractivity contribution in [3.8, 4) is 0 Å². The maximum atomic E-state index is 12.7. The molecule has 0 spiro atoms. The molecule has 0 aromatic carbocycles. The molecule has 1 heterocycles. The molecule has 0 unspecified atom stereocenters. The summed E-state index contributed by atoms with van der Waals surface area (Å²) in [6.07, 6.45) is 41.6. The lowest BCUT2D eigenvalue weighted by atomic mass is 10.1. The molecule has 0 aromatic heterocycles. The fourth-order valence-corrected chi connectivity index (χ4v) is 6.17. The normalized spacial score (nSPS) is 17.6. The third-order valence-electron chi connectivity index (χ3n) is 9.20. The van der Waals surface area contributed by atoms with Gasteiger partial charge < -0.3 is 19.7 Å². The van der Waals surface area contributed by atoms with Crippen LogP contribution in [0, 0.1) is 0 Å². The molecule has 1 rings (SSSR count). The molecule has 0 bridgehead atoms. The maximum Gasteiger partial charge on any atom is 0.306 e. The van der Waals surface area contributed by atoms with Crippen molar-refractivity contribution < 1.29 is 29.3 Å². The standard InChI is InChI=1S/C43H75NO6/c1-3-5-7-9-11-13-15-17-19-21-23-25-27-29-31-33-42(47)49-40-36-44(35-39(46)38-45)37-41(40)50-43(48)34-32-30-28-26-24-22-20-18-16-14-12-10-8-6-4-2/h11-14,17-20,39-41,45-46H,3-10,15-16,21-38H2,1-2H3/t39-,40-,41-/m1/s1. The Balaban J connectivity index is 2.22. The van der Waals surface area contributed by atoms with E-state index in [1.165, 1.54) is 64.2 Å². The predicted octanol–water partition coefficient (Wildman–Crippen LogP) is 10.1. The van der Waals surface area contributed by atoms with Crippen molar-refractivity contribution in [1.82, 2.24) is 4.90 Å². The summed E-state index contributed by atoms with van der Waals surface area (Å²) in [4.78, 5) is 27.3. The van der Waals surface area contributed by atoms with Crippen molar-refractivity contribution in [1.29, 1.82) is 0 Å². The van der Waals surface area contributed by atoms with Crippen LogP contribution in [0.1, 0.15) is 168 Å². The molecular formula is C43H75NO6. The van der Waals surface area contributed by atoms with Crippen molar-refractivity contribution in [3.05, 3.63) is 48.6 Å². The Labute approximate surface area is 306 Å². The first-order valence-corrected chi connectivity index (χ1v) is 20.5. The Hall–Kier alpha value is -2.22. The molecule has 7 heteroatoms. The summed E-state index contributed by atoms with van der Waals surface area (Å²) >= 11 is 0. The minimum atomic E-state index is -0.888. The van der Waals surface area contributed by atoms with Crippen molar-refractivity contribution >= 4 is 11.9 Å². The number of nitrogens with zero attached hydrogens (tertiary/aromatic N) is 1. The van der Waals surface area contributed by atoms with Crippen LogP contribution in [0.3, 0.4) is 0 Å². The lowest BCUT2D eigenvalue weighted by molar-refractivity contribution is -0.164. The van der Waals surface area contributed by atoms with Gasteiger partial charge in [0.2, 0.25) is 0 Å². The van der Waals surface area contributed by atoms with Crippen LogP contribution in [0.4, 0.5) is 0 Å². The first-order valence-electron chi connectivity index (χ1n) is 20.5. The fraction of sp³-hybridized carbons (Fsp3) is 0.767. The summed E-state index contributed by atoms with van der Waals surface area (Å²) in [6, 6.07) is 0. The number of carbonyl (C=O) groups excluding carboxylic acids is 2. The molecule has 1 fully saturated rings. The molecule has 7 nitrogen and oxygen atoms in total. The van der Waals surface area contributed by atoms with Crippen LogP contribution in [0.2, 0.25) is 0 Å². The number of likely N-dealkylation sites (tertiary alicyclic amines) is 1. The highest BCUT2D eigenvalue weighted by Crippen LogP contribution is 2.20. The van der Waals surface area contributed by atoms with Gasteiger partial charge in [-0.1, -0.05) is 127 Å². The highest BCUT2D eigenvalue weighted by atomic mass is 16.6. The van der Waals surface area contributed by atoms with Crippen LogP contribution in [-0.2, 0) is 19.1 Å². The Kier molecular flexibility index (Phi) is 31.1. The van der Waals surface area contributed by atoms with E-state index in [2.05, 4.69) is 62.5 Å². The average Bonchev–Trinajstić information content (AvgIpc) is 3.47. The van der Waals surface area contributed by atoms with Crippen LogP contribution in [-0.4, -0.2) is 71.6 Å². The van der Waals surface area contributed by atoms with E-state index in [0.29, 0.717) is 25.9 Å². The van der Waals surface area contributed by atoms with Gasteiger partial charge in [0.05, 0.1) is 12.7 Å². The smallest absolute Gasteiger partial charge is 0.306 e. The minimum Gasteiger partial charge on any atom is -0.457 e. The van der Waals surface area contributed by atoms with Crippen molar-refractivity contribution in [2.24, 2.45) is 0 Å². The molecule has 50 heavy (non-hydrogen) atoms. The summed E-state index contributed by atoms with van der Waals surface area (Å²) < 4.78 is 11.6. The van der Waals surface area contributed by atoms with Crippen LogP contribution in [0.5, 0.6) is 0 Å². The van der Waals surface area contributed by atoms with E-state index in [0.717, 1.165) is 77.0 Å². The SMILES string of the molecule is CCCCCC=CCC=CCCCCCCCC(=O)O[C@@H]1CN(C[C@@H](O)CO)C[C@H]1OC(=O)CCCCCCCC=CCC=CCCCCC. The number of aliphatic hydroxyl groups is 2. The van der Waals surface area contributed by atoms with E-state index in [9.17, 15) is 19.8 Å². The molecule has 1 saturated heterocycles. The third kappa shape index (κ3) is 27.5. The number of rotatable bonds is 33. The zero-order valence-electron chi connectivity index (χ0n) is 32.1. The van der Waals surface area contributed by atoms with Gasteiger partial charge in [-0.05, 0) is 77.0 Å². The third-order valence-corrected chi connectivity index (χ3v) is 9.20. The minimum absolute atomic E-state index is 0.245. The van der Waals surface area contributed by atoms with E-state index in [-0.39, 0.29) is 25.1 Å². The largest absolute Gasteiger partial charge is 0.457 e. The summed E-state index contributed by atoms with van der Waals surface area (Å²) in [5.41, 5.74) is 0. The number of aliphatic hydroxyl groups excluding tert-OH is 2. The van der Waals surface area contributed by atoms with Gasteiger partial charge in [-0.15, -0.1) is 0 Å². The molecular weight excluding hydrogens is 626 g/mol. The van der Waals surface area contributed by atoms with Gasteiger partial charge in [0.15, 0.2) is 12.2 Å². The number of β-amino-alcohol motifs (C(OH)–C–C–N with tert-alkyl or cyclic N) is 1. The summed E-state index contributed by atoms with van der Waals surface area (Å²) in [6.45, 7) is 5.13. The molecule has 2 N–H and O–H groups in total. The lowest BCUT2D eigenvalue weighted by Gasteiger charge is -2.19. The van der Waals surface area contributed by atoms with E-state index >= 15 is 0 Å². The molecule has 288 valence electrons. The number of ether oxygens (including phenoxy) is 2. The number of carbonyl (C=O) groups is 2. The van der Waals surface area contributed by atoms with Crippen molar-refractivity contribution in [2.45, 2.75) is 186 Å². The molecule has 3 atom stereocenters. The van der Waals surface area contributed by atoms with Crippen molar-refractivity contribution in [3.63, 3.8) is 0 Å². The number of hydrogen-bond acceptors (Lipinski definition) is 7. The molecule has 0 saturated carbocycles. The van der Waals surface area contributed by atoms with Gasteiger partial charge in [0, 0.05) is 32.5 Å². The zero-order chi connectivity index (χ0) is 36.3. The van der Waals surface area contributed by atoms with Crippen LogP contribution < -0.4 is 0 Å². The van der Waals surface area contributed by atoms with Crippen LogP contribution in [0.25, 0.3) is 0 Å². The van der Waals surface area contributed by atoms with Gasteiger partial charge in [0.1, 0.15) is 0 Å². The molecule has 1 aliphatic rings. The quantitative estimate of drug-likeness (QED) is 0.0399. The summed E-state index contributed by atoms with van der Waals surface area (Å²) in [5, 5.41) is 19.2. The molecule has 0 aliphatic carbocycles. The van der Waals surface area contributed by atoms with E-state index in [4.69, 9.17) is 9.47 Å². The topological polar surface area (TPSA) is 96.3 Å². The number of hydrogen-bond donors (Lipinski definition) is 2. The van der Waals surface area contributed by atoms with E-state index in [1.54, 1.807) is 0 Å². The molecule has 0 radical (unpaired) electrons. The van der Waals surface area contributed by atoms with Crippen LogP contribution >= 0.6 is 0 Å². The second-order valence-corrected chi connectivity index (χ2v) is 14.1. The molecule has 0 aromatic rings. The summed E-state index contributed by atoms with van der Waals surface area (Å²) in [5.74, 6) is -0.528. The van der Waals surface area contributed by atoms with Gasteiger partial charge in [-0.3, -0.25) is 14.5 Å². The van der Waals surface area contributed by atoms with Gasteiger partial charge in [0.25, 0.3) is 0 Å². The maximum absolute atomic E-state index is 12.7. The lowest BCUT2D eigenvalue weighted by Crippen LogP contribution is -2.33. The predicted molar refractivity (Wildman–Crippen MR) is 208 cm³/mol. The second kappa shape index (κ2) is 33.9. The van der Waals surface area contributed by atoms with Crippen LogP contribution in [0.15, 0.2) is 48.6 Å². The summed E-state index contributed by atoms with van der Waals surface area (Å²) in [7, 11) is 0.